The van der Waals surface area contributed by atoms with E-state index in [2.05, 4.69) is 20.1 Å². The second-order valence-corrected chi connectivity index (χ2v) is 2.03. The zero-order chi connectivity index (χ0) is 9.40. The molecule has 0 bridgehead atoms. The molecule has 0 radical (unpaired) electrons. The van der Waals surface area contributed by atoms with Gasteiger partial charge in [-0.25, -0.2) is 0 Å². The molecule has 0 saturated heterocycles. The standard InChI is InChI=1S/C6H8N6/c1-5(3-9-11-7)6(2)4-10-12-8/h3-4H,1-2H3/b5-3+,6-4+. The van der Waals surface area contributed by atoms with Gasteiger partial charge in [0.1, 0.15) is 0 Å². The SMILES string of the molecule is CC(=C\N=[N+]=[N-])/C(C)=C/N=[N+]=[N-]. The molecule has 0 aliphatic heterocycles. The molecule has 0 rings (SSSR count). The summed E-state index contributed by atoms with van der Waals surface area (Å²) in [7, 11) is 0. The number of hydrogen-bond donors (Lipinski definition) is 0. The van der Waals surface area contributed by atoms with E-state index >= 15 is 0 Å². The van der Waals surface area contributed by atoms with Crippen LogP contribution in [0.1, 0.15) is 13.8 Å². The first kappa shape index (κ1) is 10.1. The highest BCUT2D eigenvalue weighted by molar-refractivity contribution is 5.25. The van der Waals surface area contributed by atoms with Crippen molar-refractivity contribution in [2.24, 2.45) is 10.2 Å². The van der Waals surface area contributed by atoms with Crippen LogP contribution in [0.15, 0.2) is 33.8 Å². The van der Waals surface area contributed by atoms with E-state index in [1.54, 1.807) is 13.8 Å². The normalized spacial score (nSPS) is 11.5. The summed E-state index contributed by atoms with van der Waals surface area (Å²) >= 11 is 0. The molecule has 0 unspecified atom stereocenters. The largest absolute Gasteiger partial charge is 0.0683 e. The zero-order valence-electron chi connectivity index (χ0n) is 6.84. The van der Waals surface area contributed by atoms with Gasteiger partial charge in [0.25, 0.3) is 0 Å². The number of nitrogens with zero attached hydrogens (tertiary/aromatic N) is 6. The van der Waals surface area contributed by atoms with Gasteiger partial charge in [-0.15, -0.1) is 0 Å². The fourth-order valence-electron chi connectivity index (χ4n) is 0.428. The molecule has 0 aromatic carbocycles. The second kappa shape index (κ2) is 5.85. The van der Waals surface area contributed by atoms with E-state index in [-0.39, 0.29) is 0 Å². The van der Waals surface area contributed by atoms with Crippen LogP contribution in [0.3, 0.4) is 0 Å². The summed E-state index contributed by atoms with van der Waals surface area (Å²) in [5.74, 6) is 0. The summed E-state index contributed by atoms with van der Waals surface area (Å²) in [6.45, 7) is 3.51. The van der Waals surface area contributed by atoms with E-state index in [1.807, 2.05) is 0 Å². The molecule has 0 amide bonds. The molecule has 0 N–H and O–H groups in total. The minimum atomic E-state index is 0.764. The van der Waals surface area contributed by atoms with Gasteiger partial charge in [-0.05, 0) is 36.1 Å². The van der Waals surface area contributed by atoms with Crippen molar-refractivity contribution >= 4 is 0 Å². The summed E-state index contributed by atoms with van der Waals surface area (Å²) in [4.78, 5) is 5.11. The average molecular weight is 164 g/mol. The minimum absolute atomic E-state index is 0.764. The maximum absolute atomic E-state index is 7.99. The lowest BCUT2D eigenvalue weighted by Gasteiger charge is -1.95. The lowest BCUT2D eigenvalue weighted by Crippen LogP contribution is -1.75. The molecule has 0 aromatic heterocycles. The number of azide groups is 2. The van der Waals surface area contributed by atoms with Gasteiger partial charge in [0.05, 0.1) is 0 Å². The third-order valence-electron chi connectivity index (χ3n) is 1.23. The molecule has 0 aliphatic rings. The topological polar surface area (TPSA) is 97.5 Å². The van der Waals surface area contributed by atoms with Gasteiger partial charge in [-0.2, -0.15) is 0 Å². The van der Waals surface area contributed by atoms with Crippen LogP contribution in [-0.4, -0.2) is 0 Å². The Balaban J connectivity index is 4.57. The summed E-state index contributed by atoms with van der Waals surface area (Å²) in [5, 5.41) is 6.49. The van der Waals surface area contributed by atoms with Crippen molar-refractivity contribution < 1.29 is 0 Å². The Morgan fingerprint density at radius 1 is 1.00 bits per heavy atom. The Morgan fingerprint density at radius 2 is 1.33 bits per heavy atom. The Morgan fingerprint density at radius 3 is 1.58 bits per heavy atom. The Labute approximate surface area is 69.5 Å². The molecule has 6 nitrogen and oxygen atoms in total. The lowest BCUT2D eigenvalue weighted by atomic mass is 10.2. The Kier molecular flexibility index (Phi) is 4.93. The van der Waals surface area contributed by atoms with Crippen molar-refractivity contribution in [1.82, 2.24) is 0 Å². The molecule has 0 spiro atoms. The summed E-state index contributed by atoms with van der Waals surface area (Å²) < 4.78 is 0. The van der Waals surface area contributed by atoms with Gasteiger partial charge in [-0.1, -0.05) is 10.2 Å². The van der Waals surface area contributed by atoms with Crippen molar-refractivity contribution in [1.29, 1.82) is 0 Å². The molecule has 0 saturated carbocycles. The van der Waals surface area contributed by atoms with E-state index in [4.69, 9.17) is 11.1 Å². The van der Waals surface area contributed by atoms with E-state index < -0.39 is 0 Å². The van der Waals surface area contributed by atoms with Crippen LogP contribution in [0.2, 0.25) is 0 Å². The molecular formula is C6H8N6. The lowest BCUT2D eigenvalue weighted by molar-refractivity contribution is 1.26. The van der Waals surface area contributed by atoms with Gasteiger partial charge < -0.3 is 0 Å². The molecule has 0 fully saturated rings. The monoisotopic (exact) mass is 164 g/mol. The molecular weight excluding hydrogens is 156 g/mol. The fourth-order valence-corrected chi connectivity index (χ4v) is 0.428. The van der Waals surface area contributed by atoms with Crippen molar-refractivity contribution in [3.8, 4) is 0 Å². The van der Waals surface area contributed by atoms with Gasteiger partial charge in [-0.3, -0.25) is 0 Å². The first-order chi connectivity index (χ1) is 5.72. The first-order valence-electron chi connectivity index (χ1n) is 3.14. The quantitative estimate of drug-likeness (QED) is 0.264. The van der Waals surface area contributed by atoms with Crippen LogP contribution in [0.5, 0.6) is 0 Å². The van der Waals surface area contributed by atoms with Gasteiger partial charge in [0.2, 0.25) is 0 Å². The van der Waals surface area contributed by atoms with Crippen molar-refractivity contribution in [2.75, 3.05) is 0 Å². The van der Waals surface area contributed by atoms with Crippen LogP contribution in [0, 0.1) is 0 Å². The van der Waals surface area contributed by atoms with Crippen LogP contribution < -0.4 is 0 Å². The van der Waals surface area contributed by atoms with Crippen LogP contribution in [-0.2, 0) is 0 Å². The molecule has 12 heavy (non-hydrogen) atoms. The summed E-state index contributed by atoms with van der Waals surface area (Å²) in [6.07, 6.45) is 2.72. The third kappa shape index (κ3) is 4.00. The number of rotatable bonds is 3. The van der Waals surface area contributed by atoms with E-state index in [0.29, 0.717) is 0 Å². The zero-order valence-corrected chi connectivity index (χ0v) is 6.84. The summed E-state index contributed by atoms with van der Waals surface area (Å²) in [5.41, 5.74) is 17.5. The van der Waals surface area contributed by atoms with E-state index in [0.717, 1.165) is 11.1 Å². The van der Waals surface area contributed by atoms with E-state index in [9.17, 15) is 0 Å². The summed E-state index contributed by atoms with van der Waals surface area (Å²) in [6, 6.07) is 0. The maximum Gasteiger partial charge on any atom is 0.00476 e. The minimum Gasteiger partial charge on any atom is -0.0683 e. The van der Waals surface area contributed by atoms with Crippen molar-refractivity contribution in [3.05, 3.63) is 44.4 Å². The van der Waals surface area contributed by atoms with E-state index in [1.165, 1.54) is 12.4 Å². The van der Waals surface area contributed by atoms with Gasteiger partial charge in [0.15, 0.2) is 0 Å². The molecule has 0 atom stereocenters. The smallest absolute Gasteiger partial charge is 0.00476 e. The number of allylic oxidation sites excluding steroid dienone is 2. The molecule has 0 heterocycles. The maximum atomic E-state index is 7.99. The third-order valence-corrected chi connectivity index (χ3v) is 1.23. The Bertz CT molecular complexity index is 268. The highest BCUT2D eigenvalue weighted by atomic mass is 15.1. The van der Waals surface area contributed by atoms with Crippen LogP contribution in [0.25, 0.3) is 20.9 Å². The molecule has 0 aromatic rings. The van der Waals surface area contributed by atoms with Crippen LogP contribution in [0.4, 0.5) is 0 Å². The average Bonchev–Trinajstić information content (AvgIpc) is 2.10. The van der Waals surface area contributed by atoms with Gasteiger partial charge in [0, 0.05) is 22.2 Å². The molecule has 6 heteroatoms. The highest BCUT2D eigenvalue weighted by Crippen LogP contribution is 2.07. The first-order valence-corrected chi connectivity index (χ1v) is 3.14. The van der Waals surface area contributed by atoms with Crippen molar-refractivity contribution in [3.63, 3.8) is 0 Å². The highest BCUT2D eigenvalue weighted by Gasteiger charge is 1.88. The predicted octanol–water partition coefficient (Wildman–Crippen LogP) is 3.41. The van der Waals surface area contributed by atoms with Crippen LogP contribution >= 0.6 is 0 Å². The Hall–Kier alpha value is -1.90. The molecule has 62 valence electrons. The van der Waals surface area contributed by atoms with Crippen molar-refractivity contribution in [2.45, 2.75) is 13.8 Å². The second-order valence-electron chi connectivity index (χ2n) is 2.03. The number of hydrogen-bond acceptors (Lipinski definition) is 2. The fraction of sp³-hybridized carbons (Fsp3) is 0.333. The molecule has 0 aliphatic carbocycles. The van der Waals surface area contributed by atoms with Gasteiger partial charge >= 0.3 is 0 Å². The predicted molar refractivity (Wildman–Crippen MR) is 45.8 cm³/mol.